The predicted octanol–water partition coefficient (Wildman–Crippen LogP) is 2.47. The van der Waals surface area contributed by atoms with Gasteiger partial charge in [0.2, 0.25) is 0 Å². The van der Waals surface area contributed by atoms with E-state index in [-0.39, 0.29) is 12.5 Å². The molecule has 0 saturated carbocycles. The quantitative estimate of drug-likeness (QED) is 0.246. The number of benzene rings is 2. The van der Waals surface area contributed by atoms with Crippen molar-refractivity contribution in [3.63, 3.8) is 0 Å². The van der Waals surface area contributed by atoms with E-state index in [1.807, 2.05) is 48.5 Å². The fourth-order valence-corrected chi connectivity index (χ4v) is 5.74. The third-order valence-electron chi connectivity index (χ3n) is 7.65. The second-order valence-electron chi connectivity index (χ2n) is 11.2. The largest absolute Gasteiger partial charge is 0.480 e. The Morgan fingerprint density at radius 2 is 1.25 bits per heavy atom. The molecule has 2 aromatic rings. The second-order valence-corrected chi connectivity index (χ2v) is 11.2. The van der Waals surface area contributed by atoms with Crippen LogP contribution in [0.1, 0.15) is 51.7 Å². The van der Waals surface area contributed by atoms with Crippen LogP contribution in [-0.4, -0.2) is 97.1 Å². The lowest BCUT2D eigenvalue weighted by Gasteiger charge is -2.44. The van der Waals surface area contributed by atoms with Gasteiger partial charge < -0.3 is 43.6 Å². The van der Waals surface area contributed by atoms with Crippen LogP contribution in [0.2, 0.25) is 0 Å². The lowest BCUT2D eigenvalue weighted by Crippen LogP contribution is -2.64. The molecule has 0 bridgehead atoms. The van der Waals surface area contributed by atoms with E-state index < -0.39 is 85.4 Å². The summed E-state index contributed by atoms with van der Waals surface area (Å²) in [5.74, 6) is -5.03. The molecule has 2 aliphatic rings. The summed E-state index contributed by atoms with van der Waals surface area (Å²) in [5.41, 5.74) is 3.94. The summed E-state index contributed by atoms with van der Waals surface area (Å²) in [5, 5.41) is 12.3. The number of carboxylic acids is 1. The first-order valence-corrected chi connectivity index (χ1v) is 15.1. The van der Waals surface area contributed by atoms with E-state index in [0.29, 0.717) is 0 Å². The molecule has 0 spiro atoms. The number of aliphatic carboxylic acids is 1. The van der Waals surface area contributed by atoms with Crippen LogP contribution in [0.15, 0.2) is 48.5 Å². The maximum atomic E-state index is 13.0. The molecule has 48 heavy (non-hydrogen) atoms. The van der Waals surface area contributed by atoms with Crippen molar-refractivity contribution in [1.82, 2.24) is 5.32 Å². The molecule has 7 atom stereocenters. The molecule has 2 aromatic carbocycles. The van der Waals surface area contributed by atoms with Gasteiger partial charge in [-0.3, -0.25) is 19.2 Å². The number of fused-ring (bicyclic) bond motifs is 3. The van der Waals surface area contributed by atoms with Crippen LogP contribution >= 0.6 is 0 Å². The molecule has 2 N–H and O–H groups in total. The van der Waals surface area contributed by atoms with Gasteiger partial charge in [-0.2, -0.15) is 0 Å². The normalized spacial score (nSPS) is 22.6. The number of hydrogen-bond donors (Lipinski definition) is 2. The summed E-state index contributed by atoms with van der Waals surface area (Å²) in [6.45, 7) is 5.02. The fraction of sp³-hybridized carbons (Fsp3) is 0.455. The number of ether oxygens (including phenoxy) is 7. The van der Waals surface area contributed by atoms with Gasteiger partial charge in [0.15, 0.2) is 30.6 Å². The number of alkyl carbamates (subject to hydrolysis) is 1. The van der Waals surface area contributed by atoms with Crippen LogP contribution in [0.4, 0.5) is 4.79 Å². The van der Waals surface area contributed by atoms with Gasteiger partial charge in [-0.1, -0.05) is 48.5 Å². The minimum absolute atomic E-state index is 0.0822. The van der Waals surface area contributed by atoms with Gasteiger partial charge in [-0.05, 0) is 29.2 Å². The van der Waals surface area contributed by atoms with Gasteiger partial charge in [-0.15, -0.1) is 0 Å². The van der Waals surface area contributed by atoms with Crippen LogP contribution in [0, 0.1) is 0 Å². The predicted molar refractivity (Wildman–Crippen MR) is 162 cm³/mol. The zero-order chi connectivity index (χ0) is 35.1. The molecular weight excluding hydrogens is 634 g/mol. The molecule has 1 fully saturated rings. The Labute approximate surface area is 275 Å². The average molecular weight is 672 g/mol. The second kappa shape index (κ2) is 15.7. The third kappa shape index (κ3) is 8.66. The van der Waals surface area contributed by atoms with Crippen molar-refractivity contribution in [3.05, 3.63) is 59.7 Å². The molecule has 258 valence electrons. The smallest absolute Gasteiger partial charge is 0.407 e. The third-order valence-corrected chi connectivity index (χ3v) is 7.65. The molecule has 0 unspecified atom stereocenters. The van der Waals surface area contributed by atoms with E-state index in [0.717, 1.165) is 49.9 Å². The van der Waals surface area contributed by atoms with Gasteiger partial charge in [0.25, 0.3) is 0 Å². The molecule has 1 heterocycles. The maximum Gasteiger partial charge on any atom is 0.407 e. The van der Waals surface area contributed by atoms with Gasteiger partial charge >= 0.3 is 35.9 Å². The Morgan fingerprint density at radius 3 is 1.77 bits per heavy atom. The number of carbonyl (C=O) groups excluding carboxylic acids is 5. The zero-order valence-corrected chi connectivity index (χ0v) is 26.9. The number of carbonyl (C=O) groups is 6. The van der Waals surface area contributed by atoms with Gasteiger partial charge in [0.1, 0.15) is 19.3 Å². The molecule has 1 aliphatic heterocycles. The first kappa shape index (κ1) is 35.8. The van der Waals surface area contributed by atoms with Gasteiger partial charge in [0.05, 0.1) is 6.10 Å². The molecule has 15 heteroatoms. The van der Waals surface area contributed by atoms with Crippen LogP contribution in [0.25, 0.3) is 11.1 Å². The summed E-state index contributed by atoms with van der Waals surface area (Å²) in [6.07, 6.45) is -9.95. The number of carboxylic acid groups (broad SMARTS) is 1. The number of amides is 1. The fourth-order valence-electron chi connectivity index (χ4n) is 5.74. The monoisotopic (exact) mass is 671 g/mol. The molecule has 15 nitrogen and oxygen atoms in total. The Balaban J connectivity index is 1.52. The van der Waals surface area contributed by atoms with Crippen molar-refractivity contribution < 1.29 is 67.0 Å². The van der Waals surface area contributed by atoms with Crippen LogP contribution in [0.3, 0.4) is 0 Å². The van der Waals surface area contributed by atoms with Crippen LogP contribution in [-0.2, 0) is 57.1 Å². The maximum absolute atomic E-state index is 13.0. The Morgan fingerprint density at radius 1 is 0.729 bits per heavy atom. The minimum Gasteiger partial charge on any atom is -0.480 e. The summed E-state index contributed by atoms with van der Waals surface area (Å²) in [7, 11) is 0. The molecule has 0 aromatic heterocycles. The Kier molecular flexibility index (Phi) is 11.7. The van der Waals surface area contributed by atoms with E-state index in [2.05, 4.69) is 5.32 Å². The number of hydrogen-bond acceptors (Lipinski definition) is 13. The topological polar surface area (TPSA) is 199 Å². The van der Waals surface area contributed by atoms with Crippen LogP contribution < -0.4 is 5.32 Å². The zero-order valence-electron chi connectivity index (χ0n) is 26.9. The first-order valence-electron chi connectivity index (χ1n) is 15.1. The lowest BCUT2D eigenvalue weighted by molar-refractivity contribution is -0.316. The lowest BCUT2D eigenvalue weighted by atomic mass is 9.98. The number of esters is 4. The highest BCUT2D eigenvalue weighted by Gasteiger charge is 2.53. The highest BCUT2D eigenvalue weighted by Crippen LogP contribution is 2.44. The van der Waals surface area contributed by atoms with Gasteiger partial charge in [0, 0.05) is 33.6 Å². The summed E-state index contributed by atoms with van der Waals surface area (Å²) in [4.78, 5) is 73.0. The number of nitrogens with one attached hydrogen (secondary N) is 1. The summed E-state index contributed by atoms with van der Waals surface area (Å²) in [6, 6.07) is 13.7. The standard InChI is InChI=1S/C33H37NO14/c1-16(27(31(39)40)34-33(41)43-14-25-23-12-8-6-10-21(23)22-11-7-9-13-24(22)25)44-32-30(47-20(5)38)29(46-19(4)37)28(45-18(3)36)26(48-32)15-42-17(2)35/h6-13,16,25-30,32H,14-15H2,1-5H3,(H,34,41)(H,39,40)/t16-,26+,27-,28+,29-,30-,32-/m0/s1. The molecule has 1 saturated heterocycles. The van der Waals surface area contributed by atoms with E-state index in [1.165, 1.54) is 6.92 Å². The number of rotatable bonds is 12. The van der Waals surface area contributed by atoms with Crippen molar-refractivity contribution in [3.8, 4) is 11.1 Å². The molecule has 1 amide bonds. The van der Waals surface area contributed by atoms with Gasteiger partial charge in [-0.25, -0.2) is 9.59 Å². The first-order chi connectivity index (χ1) is 22.8. The van der Waals surface area contributed by atoms with Crippen molar-refractivity contribution in [2.75, 3.05) is 13.2 Å². The summed E-state index contributed by atoms with van der Waals surface area (Å²) < 4.78 is 38.3. The SMILES string of the molecule is CC(=O)OC[C@H]1O[C@H](O[C@@H](C)[C@H](NC(=O)OCC2c3ccccc3-c3ccccc32)C(=O)O)[C@@H](OC(C)=O)[C@@H](OC(C)=O)[C@@H]1OC(C)=O. The average Bonchev–Trinajstić information content (AvgIpc) is 3.33. The van der Waals surface area contributed by atoms with E-state index >= 15 is 0 Å². The Hall–Kier alpha value is -5.02. The van der Waals surface area contributed by atoms with Crippen molar-refractivity contribution in [2.24, 2.45) is 0 Å². The molecule has 1 aliphatic carbocycles. The highest BCUT2D eigenvalue weighted by atomic mass is 16.7. The molecule has 0 radical (unpaired) electrons. The van der Waals surface area contributed by atoms with Crippen molar-refractivity contribution in [2.45, 2.75) is 83.4 Å². The highest BCUT2D eigenvalue weighted by molar-refractivity contribution is 5.81. The van der Waals surface area contributed by atoms with E-state index in [9.17, 15) is 33.9 Å². The Bertz CT molecular complexity index is 1500. The van der Waals surface area contributed by atoms with E-state index in [4.69, 9.17) is 33.2 Å². The molecular formula is C33H37NO14. The summed E-state index contributed by atoms with van der Waals surface area (Å²) >= 11 is 0. The van der Waals surface area contributed by atoms with E-state index in [1.54, 1.807) is 0 Å². The van der Waals surface area contributed by atoms with Crippen LogP contribution in [0.5, 0.6) is 0 Å². The minimum atomic E-state index is -1.72. The molecule has 4 rings (SSSR count). The van der Waals surface area contributed by atoms with Crippen molar-refractivity contribution in [1.29, 1.82) is 0 Å². The van der Waals surface area contributed by atoms with Crippen molar-refractivity contribution >= 4 is 35.9 Å².